The van der Waals surface area contributed by atoms with Crippen LogP contribution >= 0.6 is 0 Å². The molecule has 3 heterocycles. The number of carbonyl (C=O) groups is 1. The number of rotatable bonds is 5. The number of aromatic nitrogens is 1. The van der Waals surface area contributed by atoms with Crippen LogP contribution < -0.4 is 20.5 Å². The van der Waals surface area contributed by atoms with E-state index in [4.69, 9.17) is 15.2 Å². The monoisotopic (exact) mass is 382 g/mol. The number of pyridine rings is 1. The van der Waals surface area contributed by atoms with Gasteiger partial charge in [-0.1, -0.05) is 24.3 Å². The molecular formula is C21H26N4O3. The van der Waals surface area contributed by atoms with E-state index in [0.29, 0.717) is 30.7 Å². The quantitative estimate of drug-likeness (QED) is 0.829. The zero-order valence-corrected chi connectivity index (χ0v) is 15.8. The Kier molecular flexibility index (Phi) is 5.62. The first-order valence-corrected chi connectivity index (χ1v) is 9.76. The second-order valence-electron chi connectivity index (χ2n) is 7.43. The third kappa shape index (κ3) is 4.54. The van der Waals surface area contributed by atoms with E-state index in [-0.39, 0.29) is 6.10 Å². The van der Waals surface area contributed by atoms with E-state index in [1.165, 1.54) is 5.56 Å². The number of hydrogen-bond acceptors (Lipinski definition) is 5. The summed E-state index contributed by atoms with van der Waals surface area (Å²) < 4.78 is 11.7. The summed E-state index contributed by atoms with van der Waals surface area (Å²) in [5.41, 5.74) is 7.53. The minimum absolute atomic E-state index is 0.134. The highest BCUT2D eigenvalue weighted by Crippen LogP contribution is 2.34. The summed E-state index contributed by atoms with van der Waals surface area (Å²) in [5.74, 6) is 1.77. The van der Waals surface area contributed by atoms with Gasteiger partial charge in [-0.3, -0.25) is 4.90 Å². The van der Waals surface area contributed by atoms with Gasteiger partial charge in [-0.05, 0) is 55.1 Å². The minimum Gasteiger partial charge on any atom is -0.484 e. The van der Waals surface area contributed by atoms with E-state index in [1.807, 2.05) is 12.1 Å². The Hall–Kier alpha value is -2.80. The Bertz CT molecular complexity index is 804. The van der Waals surface area contributed by atoms with Crippen LogP contribution in [-0.2, 0) is 6.54 Å². The summed E-state index contributed by atoms with van der Waals surface area (Å²) >= 11 is 0. The Morgan fingerprint density at radius 3 is 2.75 bits per heavy atom. The van der Waals surface area contributed by atoms with Crippen LogP contribution in [0.1, 0.15) is 30.1 Å². The van der Waals surface area contributed by atoms with Gasteiger partial charge in [0, 0.05) is 19.3 Å². The van der Waals surface area contributed by atoms with Gasteiger partial charge in [0.25, 0.3) is 5.88 Å². The van der Waals surface area contributed by atoms with Crippen molar-refractivity contribution in [1.82, 2.24) is 15.2 Å². The number of primary amides is 1. The summed E-state index contributed by atoms with van der Waals surface area (Å²) in [4.78, 5) is 17.5. The number of nitrogens with one attached hydrogen (secondary N) is 1. The second-order valence-corrected chi connectivity index (χ2v) is 7.43. The number of nitrogens with two attached hydrogens (primary N) is 1. The molecule has 1 aromatic heterocycles. The standard InChI is InChI=1S/C21H26N4O3/c22-21(26)24-12-15-7-10-25(11-8-15)13-16-3-5-17(6-4-16)19-14-27-18-2-1-9-23-20(18)28-19/h1-6,9,15,19H,7-8,10-14H2,(H3,22,24,26). The topological polar surface area (TPSA) is 89.7 Å². The van der Waals surface area contributed by atoms with Crippen LogP contribution in [0.4, 0.5) is 4.79 Å². The number of urea groups is 1. The predicted octanol–water partition coefficient (Wildman–Crippen LogP) is 2.47. The number of amides is 2. The molecule has 7 heteroatoms. The molecule has 1 unspecified atom stereocenters. The van der Waals surface area contributed by atoms with Crippen molar-refractivity contribution in [2.75, 3.05) is 26.2 Å². The predicted molar refractivity (Wildman–Crippen MR) is 105 cm³/mol. The van der Waals surface area contributed by atoms with Crippen molar-refractivity contribution in [3.63, 3.8) is 0 Å². The van der Waals surface area contributed by atoms with E-state index >= 15 is 0 Å². The maximum absolute atomic E-state index is 10.8. The average Bonchev–Trinajstić information content (AvgIpc) is 2.73. The summed E-state index contributed by atoms with van der Waals surface area (Å²) in [7, 11) is 0. The molecule has 3 N–H and O–H groups in total. The van der Waals surface area contributed by atoms with E-state index in [1.54, 1.807) is 6.20 Å². The maximum Gasteiger partial charge on any atom is 0.312 e. The molecule has 28 heavy (non-hydrogen) atoms. The van der Waals surface area contributed by atoms with Crippen LogP contribution in [0.2, 0.25) is 0 Å². The molecule has 2 amide bonds. The molecule has 0 saturated carbocycles. The van der Waals surface area contributed by atoms with Crippen LogP contribution in [0.5, 0.6) is 11.6 Å². The van der Waals surface area contributed by atoms with E-state index < -0.39 is 6.03 Å². The van der Waals surface area contributed by atoms with Crippen molar-refractivity contribution < 1.29 is 14.3 Å². The van der Waals surface area contributed by atoms with Crippen molar-refractivity contribution in [2.24, 2.45) is 11.7 Å². The van der Waals surface area contributed by atoms with E-state index in [0.717, 1.165) is 38.0 Å². The Balaban J connectivity index is 1.28. The Labute approximate surface area is 164 Å². The van der Waals surface area contributed by atoms with Crippen LogP contribution in [0.25, 0.3) is 0 Å². The molecule has 2 aromatic rings. The lowest BCUT2D eigenvalue weighted by Gasteiger charge is -2.32. The zero-order chi connectivity index (χ0) is 19.3. The van der Waals surface area contributed by atoms with Crippen molar-refractivity contribution in [1.29, 1.82) is 0 Å². The van der Waals surface area contributed by atoms with Crippen molar-refractivity contribution in [3.05, 3.63) is 53.7 Å². The highest BCUT2D eigenvalue weighted by atomic mass is 16.6. The molecule has 1 fully saturated rings. The molecule has 7 nitrogen and oxygen atoms in total. The summed E-state index contributed by atoms with van der Waals surface area (Å²) in [6, 6.07) is 11.8. The number of piperidine rings is 1. The largest absolute Gasteiger partial charge is 0.484 e. The first-order chi connectivity index (χ1) is 13.7. The van der Waals surface area contributed by atoms with Gasteiger partial charge in [0.15, 0.2) is 11.9 Å². The Morgan fingerprint density at radius 1 is 1.21 bits per heavy atom. The molecule has 2 aliphatic rings. The Morgan fingerprint density at radius 2 is 2.00 bits per heavy atom. The number of carbonyl (C=O) groups excluding carboxylic acids is 1. The number of ether oxygens (including phenoxy) is 2. The van der Waals surface area contributed by atoms with Gasteiger partial charge in [0.1, 0.15) is 6.61 Å². The molecule has 1 saturated heterocycles. The molecule has 148 valence electrons. The molecule has 0 radical (unpaired) electrons. The van der Waals surface area contributed by atoms with E-state index in [2.05, 4.69) is 39.5 Å². The van der Waals surface area contributed by atoms with Crippen LogP contribution in [0.3, 0.4) is 0 Å². The lowest BCUT2D eigenvalue weighted by atomic mass is 9.96. The van der Waals surface area contributed by atoms with Crippen LogP contribution in [0, 0.1) is 5.92 Å². The molecule has 0 aliphatic carbocycles. The van der Waals surface area contributed by atoms with Gasteiger partial charge in [0.05, 0.1) is 0 Å². The third-order valence-electron chi connectivity index (χ3n) is 5.41. The number of nitrogens with zero attached hydrogens (tertiary/aromatic N) is 2. The van der Waals surface area contributed by atoms with Crippen LogP contribution in [-0.4, -0.2) is 42.2 Å². The maximum atomic E-state index is 10.8. The van der Waals surface area contributed by atoms with Crippen molar-refractivity contribution in [3.8, 4) is 11.6 Å². The fraction of sp³-hybridized carbons (Fsp3) is 0.429. The summed E-state index contributed by atoms with van der Waals surface area (Å²) in [6.45, 7) is 4.18. The van der Waals surface area contributed by atoms with Gasteiger partial charge >= 0.3 is 6.03 Å². The van der Waals surface area contributed by atoms with Crippen molar-refractivity contribution >= 4 is 6.03 Å². The summed E-state index contributed by atoms with van der Waals surface area (Å²) in [6.07, 6.45) is 3.74. The average molecular weight is 382 g/mol. The normalized spacial score (nSPS) is 19.9. The number of benzene rings is 1. The van der Waals surface area contributed by atoms with E-state index in [9.17, 15) is 4.79 Å². The zero-order valence-electron chi connectivity index (χ0n) is 15.8. The number of fused-ring (bicyclic) bond motifs is 1. The molecule has 1 aromatic carbocycles. The molecule has 0 spiro atoms. The molecule has 4 rings (SSSR count). The smallest absolute Gasteiger partial charge is 0.312 e. The van der Waals surface area contributed by atoms with Gasteiger partial charge in [-0.15, -0.1) is 0 Å². The van der Waals surface area contributed by atoms with Gasteiger partial charge in [-0.25, -0.2) is 9.78 Å². The van der Waals surface area contributed by atoms with Gasteiger partial charge in [-0.2, -0.15) is 0 Å². The van der Waals surface area contributed by atoms with Crippen molar-refractivity contribution in [2.45, 2.75) is 25.5 Å². The lowest BCUT2D eigenvalue weighted by molar-refractivity contribution is 0.0850. The minimum atomic E-state index is -0.436. The number of likely N-dealkylation sites (tertiary alicyclic amines) is 1. The van der Waals surface area contributed by atoms with Crippen LogP contribution in [0.15, 0.2) is 42.6 Å². The highest BCUT2D eigenvalue weighted by Gasteiger charge is 2.24. The molecule has 1 atom stereocenters. The number of hydrogen-bond donors (Lipinski definition) is 2. The van der Waals surface area contributed by atoms with Gasteiger partial charge < -0.3 is 20.5 Å². The first kappa shape index (κ1) is 18.6. The first-order valence-electron chi connectivity index (χ1n) is 9.76. The summed E-state index contributed by atoms with van der Waals surface area (Å²) in [5, 5.41) is 2.72. The van der Waals surface area contributed by atoms with Gasteiger partial charge in [0.2, 0.25) is 0 Å². The fourth-order valence-electron chi connectivity index (χ4n) is 3.76. The lowest BCUT2D eigenvalue weighted by Crippen LogP contribution is -2.39. The third-order valence-corrected chi connectivity index (χ3v) is 5.41. The SMILES string of the molecule is NC(=O)NCC1CCN(Cc2ccc(C3COc4cccnc4O3)cc2)CC1. The highest BCUT2D eigenvalue weighted by molar-refractivity contribution is 5.71. The second kappa shape index (κ2) is 8.48. The molecule has 2 aliphatic heterocycles. The fourth-order valence-corrected chi connectivity index (χ4v) is 3.76. The molecule has 0 bridgehead atoms. The molecular weight excluding hydrogens is 356 g/mol.